The Kier molecular flexibility index (Phi) is 3.87. The molecule has 3 nitrogen and oxygen atoms in total. The van der Waals surface area contributed by atoms with Crippen LogP contribution in [0.4, 0.5) is 0 Å². The molecule has 2 aromatic rings. The Labute approximate surface area is 114 Å². The van der Waals surface area contributed by atoms with Crippen molar-refractivity contribution in [3.8, 4) is 5.75 Å². The van der Waals surface area contributed by atoms with Gasteiger partial charge in [0.25, 0.3) is 0 Å². The Morgan fingerprint density at radius 3 is 2.78 bits per heavy atom. The third-order valence-electron chi connectivity index (χ3n) is 2.98. The predicted molar refractivity (Wildman–Crippen MR) is 76.9 cm³/mol. The van der Waals surface area contributed by atoms with Gasteiger partial charge < -0.3 is 9.94 Å². The van der Waals surface area contributed by atoms with E-state index in [-0.39, 0.29) is 5.92 Å². The van der Waals surface area contributed by atoms with Crippen molar-refractivity contribution in [3.05, 3.63) is 40.4 Å². The summed E-state index contributed by atoms with van der Waals surface area (Å²) in [7, 11) is 1.65. The molecule has 0 amide bonds. The van der Waals surface area contributed by atoms with Crippen molar-refractivity contribution in [3.63, 3.8) is 0 Å². The molecule has 0 aliphatic heterocycles. The second kappa shape index (κ2) is 5.40. The fraction of sp³-hybridized carbons (Fsp3) is 0.214. The largest absolute Gasteiger partial charge is 0.496 e. The third-order valence-corrected chi connectivity index (χ3v) is 3.80. The van der Waals surface area contributed by atoms with E-state index < -0.39 is 0 Å². The Hall–Kier alpha value is -1.55. The molecule has 2 aromatic carbocycles. The van der Waals surface area contributed by atoms with E-state index >= 15 is 0 Å². The first-order valence-corrected chi connectivity index (χ1v) is 6.40. The fourth-order valence-electron chi connectivity index (χ4n) is 1.92. The highest BCUT2D eigenvalue weighted by Crippen LogP contribution is 2.34. The molecular formula is C14H14BrNO2. The highest BCUT2D eigenvalue weighted by atomic mass is 79.9. The van der Waals surface area contributed by atoms with Gasteiger partial charge in [-0.15, -0.1) is 5.16 Å². The highest BCUT2D eigenvalue weighted by molar-refractivity contribution is 9.10. The number of rotatable bonds is 3. The van der Waals surface area contributed by atoms with Gasteiger partial charge in [-0.2, -0.15) is 0 Å². The van der Waals surface area contributed by atoms with E-state index in [4.69, 9.17) is 9.94 Å². The van der Waals surface area contributed by atoms with Crippen LogP contribution in [0.25, 0.3) is 10.8 Å². The Bertz CT molecular complexity index is 596. The number of nitrogens with zero attached hydrogens (tertiary/aromatic N) is 1. The van der Waals surface area contributed by atoms with E-state index in [1.165, 1.54) is 6.21 Å². The van der Waals surface area contributed by atoms with Gasteiger partial charge in [-0.25, -0.2) is 0 Å². The van der Waals surface area contributed by atoms with Gasteiger partial charge in [-0.05, 0) is 38.3 Å². The van der Waals surface area contributed by atoms with Crippen LogP contribution in [-0.4, -0.2) is 18.5 Å². The molecule has 94 valence electrons. The first kappa shape index (κ1) is 12.9. The van der Waals surface area contributed by atoms with Crippen LogP contribution in [0.2, 0.25) is 0 Å². The van der Waals surface area contributed by atoms with Crippen LogP contribution in [-0.2, 0) is 0 Å². The van der Waals surface area contributed by atoms with Crippen LogP contribution < -0.4 is 4.74 Å². The van der Waals surface area contributed by atoms with Crippen molar-refractivity contribution in [1.82, 2.24) is 0 Å². The molecule has 1 N–H and O–H groups in total. The summed E-state index contributed by atoms with van der Waals surface area (Å²) in [5.41, 5.74) is 1.11. The molecule has 0 saturated carbocycles. The van der Waals surface area contributed by atoms with Crippen LogP contribution in [0, 0.1) is 0 Å². The number of hydrogen-bond donors (Lipinski definition) is 1. The highest BCUT2D eigenvalue weighted by Gasteiger charge is 2.08. The average Bonchev–Trinajstić information content (AvgIpc) is 2.39. The SMILES string of the molecule is COc1ccc2cc(C(C)C=NO)ccc2c1Br. The van der Waals surface area contributed by atoms with Gasteiger partial charge in [0.05, 0.1) is 17.8 Å². The fourth-order valence-corrected chi connectivity index (χ4v) is 2.57. The maximum atomic E-state index is 8.57. The van der Waals surface area contributed by atoms with Crippen molar-refractivity contribution < 1.29 is 9.94 Å². The summed E-state index contributed by atoms with van der Waals surface area (Å²) < 4.78 is 6.22. The predicted octanol–water partition coefficient (Wildman–Crippen LogP) is 4.17. The van der Waals surface area contributed by atoms with E-state index in [0.717, 1.165) is 26.6 Å². The molecule has 1 unspecified atom stereocenters. The monoisotopic (exact) mass is 307 g/mol. The van der Waals surface area contributed by atoms with E-state index in [0.29, 0.717) is 0 Å². The molecule has 0 radical (unpaired) electrons. The summed E-state index contributed by atoms with van der Waals surface area (Å²) >= 11 is 3.54. The summed E-state index contributed by atoms with van der Waals surface area (Å²) in [6, 6.07) is 10.1. The van der Waals surface area contributed by atoms with E-state index in [1.807, 2.05) is 31.2 Å². The topological polar surface area (TPSA) is 41.8 Å². The van der Waals surface area contributed by atoms with Crippen LogP contribution in [0.3, 0.4) is 0 Å². The quantitative estimate of drug-likeness (QED) is 0.525. The number of oxime groups is 1. The maximum Gasteiger partial charge on any atom is 0.133 e. The zero-order valence-corrected chi connectivity index (χ0v) is 11.8. The Balaban J connectivity index is 2.54. The lowest BCUT2D eigenvalue weighted by Crippen LogP contribution is -1.95. The second-order valence-corrected chi connectivity index (χ2v) is 4.91. The molecule has 0 aliphatic rings. The van der Waals surface area contributed by atoms with Crippen molar-refractivity contribution in [1.29, 1.82) is 0 Å². The van der Waals surface area contributed by atoms with Crippen LogP contribution in [0.15, 0.2) is 40.0 Å². The lowest BCUT2D eigenvalue weighted by molar-refractivity contribution is 0.320. The van der Waals surface area contributed by atoms with Crippen molar-refractivity contribution in [2.45, 2.75) is 12.8 Å². The summed E-state index contributed by atoms with van der Waals surface area (Å²) in [6.45, 7) is 1.99. The minimum atomic E-state index is 0.0836. The van der Waals surface area contributed by atoms with Crippen molar-refractivity contribution in [2.75, 3.05) is 7.11 Å². The summed E-state index contributed by atoms with van der Waals surface area (Å²) in [6.07, 6.45) is 1.51. The number of ether oxygens (including phenoxy) is 1. The minimum absolute atomic E-state index is 0.0836. The molecular weight excluding hydrogens is 294 g/mol. The van der Waals surface area contributed by atoms with Crippen molar-refractivity contribution >= 4 is 32.9 Å². The second-order valence-electron chi connectivity index (χ2n) is 4.12. The van der Waals surface area contributed by atoms with Gasteiger partial charge in [0.15, 0.2) is 0 Å². The minimum Gasteiger partial charge on any atom is -0.496 e. The summed E-state index contributed by atoms with van der Waals surface area (Å²) in [5, 5.41) is 13.9. The summed E-state index contributed by atoms with van der Waals surface area (Å²) in [5.74, 6) is 0.903. The molecule has 0 aromatic heterocycles. The summed E-state index contributed by atoms with van der Waals surface area (Å²) in [4.78, 5) is 0. The van der Waals surface area contributed by atoms with Gasteiger partial charge in [0.1, 0.15) is 5.75 Å². The van der Waals surface area contributed by atoms with Crippen LogP contribution in [0.5, 0.6) is 5.75 Å². The van der Waals surface area contributed by atoms with Crippen LogP contribution >= 0.6 is 15.9 Å². The van der Waals surface area contributed by atoms with Crippen LogP contribution in [0.1, 0.15) is 18.4 Å². The number of benzene rings is 2. The molecule has 4 heteroatoms. The number of methoxy groups -OCH3 is 1. The van der Waals surface area contributed by atoms with E-state index in [1.54, 1.807) is 7.11 Å². The van der Waals surface area contributed by atoms with Gasteiger partial charge in [0.2, 0.25) is 0 Å². The molecule has 1 atom stereocenters. The first-order valence-electron chi connectivity index (χ1n) is 5.61. The lowest BCUT2D eigenvalue weighted by atomic mass is 9.98. The van der Waals surface area contributed by atoms with E-state index in [2.05, 4.69) is 27.2 Å². The zero-order valence-electron chi connectivity index (χ0n) is 10.2. The van der Waals surface area contributed by atoms with Gasteiger partial charge >= 0.3 is 0 Å². The lowest BCUT2D eigenvalue weighted by Gasteiger charge is -2.10. The molecule has 0 spiro atoms. The number of hydrogen-bond acceptors (Lipinski definition) is 3. The number of halogens is 1. The van der Waals surface area contributed by atoms with E-state index in [9.17, 15) is 0 Å². The first-order chi connectivity index (χ1) is 8.67. The molecule has 0 bridgehead atoms. The number of fused-ring (bicyclic) bond motifs is 1. The molecule has 0 heterocycles. The standard InChI is InChI=1S/C14H14BrNO2/c1-9(8-16-17)10-3-5-12-11(7-10)4-6-13(18-2)14(12)15/h3-9,17H,1-2H3. The van der Waals surface area contributed by atoms with Crippen molar-refractivity contribution in [2.24, 2.45) is 5.16 Å². The molecule has 0 fully saturated rings. The maximum absolute atomic E-state index is 8.57. The average molecular weight is 308 g/mol. The molecule has 2 rings (SSSR count). The molecule has 0 aliphatic carbocycles. The van der Waals surface area contributed by atoms with Gasteiger partial charge in [-0.3, -0.25) is 0 Å². The smallest absolute Gasteiger partial charge is 0.133 e. The van der Waals surface area contributed by atoms with Gasteiger partial charge in [-0.1, -0.05) is 31.2 Å². The Morgan fingerprint density at radius 1 is 1.33 bits per heavy atom. The molecule has 0 saturated heterocycles. The molecule has 18 heavy (non-hydrogen) atoms. The van der Waals surface area contributed by atoms with Gasteiger partial charge in [0, 0.05) is 5.92 Å². The normalized spacial score (nSPS) is 13.1. The Morgan fingerprint density at radius 2 is 2.11 bits per heavy atom. The zero-order chi connectivity index (χ0) is 13.1. The third kappa shape index (κ3) is 2.34.